The Balaban J connectivity index is 2.24. The van der Waals surface area contributed by atoms with Gasteiger partial charge < -0.3 is 14.4 Å². The van der Waals surface area contributed by atoms with Gasteiger partial charge >= 0.3 is 6.09 Å². The van der Waals surface area contributed by atoms with Crippen molar-refractivity contribution in [3.05, 3.63) is 0 Å². The summed E-state index contributed by atoms with van der Waals surface area (Å²) in [6.07, 6.45) is 0.991. The van der Waals surface area contributed by atoms with Crippen molar-refractivity contribution < 1.29 is 14.3 Å². The highest BCUT2D eigenvalue weighted by atomic mass is 16.5. The first-order valence-electron chi connectivity index (χ1n) is 4.61. The normalized spacial score (nSPS) is 21.5. The molecule has 0 aromatic rings. The molecule has 1 aliphatic rings. The summed E-state index contributed by atoms with van der Waals surface area (Å²) in [7, 11) is 1.40. The van der Waals surface area contributed by atoms with Crippen molar-refractivity contribution in [2.75, 3.05) is 20.3 Å². The van der Waals surface area contributed by atoms with Crippen LogP contribution in [-0.2, 0) is 9.47 Å². The Morgan fingerprint density at radius 1 is 1.62 bits per heavy atom. The van der Waals surface area contributed by atoms with E-state index in [0.29, 0.717) is 6.61 Å². The highest BCUT2D eigenvalue weighted by molar-refractivity contribution is 5.68. The predicted molar refractivity (Wildman–Crippen MR) is 48.6 cm³/mol. The zero-order chi connectivity index (χ0) is 9.84. The van der Waals surface area contributed by atoms with E-state index in [1.165, 1.54) is 7.11 Å². The van der Waals surface area contributed by atoms with Gasteiger partial charge in [-0.2, -0.15) is 0 Å². The highest BCUT2D eigenvalue weighted by Crippen LogP contribution is 2.18. The second kappa shape index (κ2) is 4.46. The van der Waals surface area contributed by atoms with Crippen LogP contribution in [0.15, 0.2) is 0 Å². The molecule has 1 heterocycles. The molecule has 13 heavy (non-hydrogen) atoms. The smallest absolute Gasteiger partial charge is 0.409 e. The van der Waals surface area contributed by atoms with E-state index in [2.05, 4.69) is 4.74 Å². The van der Waals surface area contributed by atoms with Gasteiger partial charge in [-0.15, -0.1) is 0 Å². The van der Waals surface area contributed by atoms with Crippen molar-refractivity contribution in [2.24, 2.45) is 0 Å². The zero-order valence-corrected chi connectivity index (χ0v) is 8.45. The van der Waals surface area contributed by atoms with Crippen molar-refractivity contribution in [1.29, 1.82) is 0 Å². The van der Waals surface area contributed by atoms with E-state index in [-0.39, 0.29) is 18.2 Å². The van der Waals surface area contributed by atoms with E-state index in [4.69, 9.17) is 4.74 Å². The SMILES string of the molecule is COC(=O)N1CCC1COC(C)C. The van der Waals surface area contributed by atoms with E-state index >= 15 is 0 Å². The molecule has 1 atom stereocenters. The number of rotatable bonds is 3. The Labute approximate surface area is 78.8 Å². The van der Waals surface area contributed by atoms with Gasteiger partial charge in [-0.3, -0.25) is 0 Å². The highest BCUT2D eigenvalue weighted by Gasteiger charge is 2.32. The van der Waals surface area contributed by atoms with Gasteiger partial charge in [-0.25, -0.2) is 4.79 Å². The Morgan fingerprint density at radius 3 is 2.69 bits per heavy atom. The molecule has 4 heteroatoms. The molecular formula is C9H17NO3. The van der Waals surface area contributed by atoms with Gasteiger partial charge in [-0.1, -0.05) is 0 Å². The zero-order valence-electron chi connectivity index (χ0n) is 8.45. The summed E-state index contributed by atoms with van der Waals surface area (Å²) in [6, 6.07) is 0.217. The first kappa shape index (κ1) is 10.3. The number of nitrogens with zero attached hydrogens (tertiary/aromatic N) is 1. The largest absolute Gasteiger partial charge is 0.453 e. The number of carbonyl (C=O) groups excluding carboxylic acids is 1. The van der Waals surface area contributed by atoms with Crippen LogP contribution in [0.2, 0.25) is 0 Å². The summed E-state index contributed by atoms with van der Waals surface area (Å²) >= 11 is 0. The molecule has 1 rings (SSSR count). The van der Waals surface area contributed by atoms with Crippen LogP contribution in [0.4, 0.5) is 4.79 Å². The van der Waals surface area contributed by atoms with Crippen molar-refractivity contribution in [2.45, 2.75) is 32.4 Å². The lowest BCUT2D eigenvalue weighted by molar-refractivity contribution is -0.0130. The topological polar surface area (TPSA) is 38.8 Å². The van der Waals surface area contributed by atoms with Crippen LogP contribution < -0.4 is 0 Å². The molecule has 76 valence electrons. The number of hydrogen-bond donors (Lipinski definition) is 0. The first-order chi connectivity index (χ1) is 6.15. The minimum Gasteiger partial charge on any atom is -0.453 e. The van der Waals surface area contributed by atoms with Crippen LogP contribution in [0.3, 0.4) is 0 Å². The first-order valence-corrected chi connectivity index (χ1v) is 4.61. The third-order valence-corrected chi connectivity index (χ3v) is 2.18. The molecule has 4 nitrogen and oxygen atoms in total. The number of ether oxygens (including phenoxy) is 2. The average molecular weight is 187 g/mol. The molecular weight excluding hydrogens is 170 g/mol. The predicted octanol–water partition coefficient (Wildman–Crippen LogP) is 1.25. The van der Waals surface area contributed by atoms with E-state index in [1.54, 1.807) is 4.90 Å². The second-order valence-corrected chi connectivity index (χ2v) is 3.49. The average Bonchev–Trinajstić information content (AvgIpc) is 2.01. The van der Waals surface area contributed by atoms with Gasteiger partial charge in [0.1, 0.15) is 0 Å². The Bertz CT molecular complexity index is 182. The van der Waals surface area contributed by atoms with Crippen LogP contribution in [0.5, 0.6) is 0 Å². The molecule has 0 saturated carbocycles. The number of carbonyl (C=O) groups is 1. The lowest BCUT2D eigenvalue weighted by Gasteiger charge is -2.39. The molecule has 0 spiro atoms. The number of likely N-dealkylation sites (tertiary alicyclic amines) is 1. The van der Waals surface area contributed by atoms with Gasteiger partial charge in [0.05, 0.1) is 25.9 Å². The molecule has 0 radical (unpaired) electrons. The number of methoxy groups -OCH3 is 1. The van der Waals surface area contributed by atoms with Gasteiger partial charge in [-0.05, 0) is 20.3 Å². The molecule has 0 aromatic heterocycles. The maximum Gasteiger partial charge on any atom is 0.409 e. The maximum atomic E-state index is 11.1. The minimum atomic E-state index is -0.247. The standard InChI is InChI=1S/C9H17NO3/c1-7(2)13-6-8-4-5-10(8)9(11)12-3/h7-8H,4-6H2,1-3H3. The molecule has 1 fully saturated rings. The summed E-state index contributed by atoms with van der Waals surface area (Å²) in [5, 5.41) is 0. The molecule has 0 aromatic carbocycles. The molecule has 1 unspecified atom stereocenters. The van der Waals surface area contributed by atoms with E-state index in [1.807, 2.05) is 13.8 Å². The van der Waals surface area contributed by atoms with Crippen molar-refractivity contribution >= 4 is 6.09 Å². The fourth-order valence-corrected chi connectivity index (χ4v) is 1.28. The van der Waals surface area contributed by atoms with Gasteiger partial charge in [0.2, 0.25) is 0 Å². The fraction of sp³-hybridized carbons (Fsp3) is 0.889. The lowest BCUT2D eigenvalue weighted by atomic mass is 10.1. The molecule has 0 bridgehead atoms. The van der Waals surface area contributed by atoms with Gasteiger partial charge in [0, 0.05) is 6.54 Å². The van der Waals surface area contributed by atoms with Crippen molar-refractivity contribution in [1.82, 2.24) is 4.90 Å². The van der Waals surface area contributed by atoms with E-state index < -0.39 is 0 Å². The quantitative estimate of drug-likeness (QED) is 0.667. The van der Waals surface area contributed by atoms with Gasteiger partial charge in [0.15, 0.2) is 0 Å². The van der Waals surface area contributed by atoms with Crippen LogP contribution in [-0.4, -0.2) is 43.4 Å². The summed E-state index contributed by atoms with van der Waals surface area (Å²) in [6.45, 7) is 5.38. The fourth-order valence-electron chi connectivity index (χ4n) is 1.28. The molecule has 1 aliphatic heterocycles. The third kappa shape index (κ3) is 2.59. The van der Waals surface area contributed by atoms with Crippen LogP contribution >= 0.6 is 0 Å². The second-order valence-electron chi connectivity index (χ2n) is 3.49. The maximum absolute atomic E-state index is 11.1. The van der Waals surface area contributed by atoms with Crippen LogP contribution in [0, 0.1) is 0 Å². The summed E-state index contributed by atoms with van der Waals surface area (Å²) in [5.74, 6) is 0. The van der Waals surface area contributed by atoms with Crippen molar-refractivity contribution in [3.63, 3.8) is 0 Å². The molecule has 1 saturated heterocycles. The van der Waals surface area contributed by atoms with Gasteiger partial charge in [0.25, 0.3) is 0 Å². The van der Waals surface area contributed by atoms with E-state index in [0.717, 1.165) is 13.0 Å². The Kier molecular flexibility index (Phi) is 3.54. The Hall–Kier alpha value is -0.770. The van der Waals surface area contributed by atoms with Crippen LogP contribution in [0.25, 0.3) is 0 Å². The van der Waals surface area contributed by atoms with Crippen LogP contribution in [0.1, 0.15) is 20.3 Å². The monoisotopic (exact) mass is 187 g/mol. The number of hydrogen-bond acceptors (Lipinski definition) is 3. The molecule has 0 N–H and O–H groups in total. The summed E-state index contributed by atoms with van der Waals surface area (Å²) < 4.78 is 10.0. The molecule has 1 amide bonds. The Morgan fingerprint density at radius 2 is 2.31 bits per heavy atom. The van der Waals surface area contributed by atoms with E-state index in [9.17, 15) is 4.79 Å². The minimum absolute atomic E-state index is 0.217. The third-order valence-electron chi connectivity index (χ3n) is 2.18. The number of amides is 1. The lowest BCUT2D eigenvalue weighted by Crippen LogP contribution is -2.53. The molecule has 0 aliphatic carbocycles. The summed E-state index contributed by atoms with van der Waals surface area (Å²) in [5.41, 5.74) is 0. The van der Waals surface area contributed by atoms with Crippen molar-refractivity contribution in [3.8, 4) is 0 Å². The summed E-state index contributed by atoms with van der Waals surface area (Å²) in [4.78, 5) is 12.8.